The molecule has 0 spiro atoms. The molecule has 180 valence electrons. The number of carbonyl (C=O) groups is 4. The lowest BCUT2D eigenvalue weighted by atomic mass is 9.95. The Labute approximate surface area is 190 Å². The molecule has 8 heteroatoms. The van der Waals surface area contributed by atoms with Crippen molar-refractivity contribution in [3.63, 3.8) is 0 Å². The van der Waals surface area contributed by atoms with Crippen LogP contribution in [0.2, 0.25) is 0 Å². The van der Waals surface area contributed by atoms with Crippen LogP contribution in [0.3, 0.4) is 0 Å². The highest BCUT2D eigenvalue weighted by Gasteiger charge is 2.29. The Balaban J connectivity index is 2.75. The average molecular weight is 452 g/mol. The first-order valence-corrected chi connectivity index (χ1v) is 11.4. The lowest BCUT2D eigenvalue weighted by Crippen LogP contribution is -2.31. The van der Waals surface area contributed by atoms with Crippen LogP contribution in [-0.2, 0) is 33.4 Å². The van der Waals surface area contributed by atoms with Gasteiger partial charge in [-0.15, -0.1) is 0 Å². The van der Waals surface area contributed by atoms with Gasteiger partial charge in [0.05, 0.1) is 12.0 Å². The van der Waals surface area contributed by atoms with Crippen molar-refractivity contribution in [1.82, 2.24) is 5.32 Å². The van der Waals surface area contributed by atoms with Crippen LogP contribution in [0.1, 0.15) is 72.6 Å². The standard InChI is InChI=1S/C24H37NO7/c1-6-13-30-19(8-3)15-20(31-23(28)16(4)5)14-17(7-2)24(29)32-22(27)12-10-18-9-11-21(26)25-18/h10,12,17-20H,4,6-9,11,13-15H2,1-3,5H3,(H,25,26)/b12-10+. The molecule has 1 aliphatic heterocycles. The van der Waals surface area contributed by atoms with Crippen LogP contribution in [0.4, 0.5) is 0 Å². The smallest absolute Gasteiger partial charge is 0.338 e. The molecule has 0 radical (unpaired) electrons. The maximum absolute atomic E-state index is 12.6. The summed E-state index contributed by atoms with van der Waals surface area (Å²) >= 11 is 0. The number of rotatable bonds is 14. The first-order chi connectivity index (χ1) is 15.2. The molecule has 1 saturated heterocycles. The molecule has 1 heterocycles. The number of amides is 1. The van der Waals surface area contributed by atoms with E-state index in [4.69, 9.17) is 14.2 Å². The predicted octanol–water partition coefficient (Wildman–Crippen LogP) is 3.39. The number of esters is 3. The van der Waals surface area contributed by atoms with E-state index < -0.39 is 29.9 Å². The monoisotopic (exact) mass is 451 g/mol. The summed E-state index contributed by atoms with van der Waals surface area (Å²) in [4.78, 5) is 48.0. The van der Waals surface area contributed by atoms with Crippen LogP contribution in [0.15, 0.2) is 24.3 Å². The lowest BCUT2D eigenvalue weighted by molar-refractivity contribution is -0.162. The third-order valence-corrected chi connectivity index (χ3v) is 5.23. The first-order valence-electron chi connectivity index (χ1n) is 11.4. The molecule has 1 fully saturated rings. The van der Waals surface area contributed by atoms with Gasteiger partial charge in [0.1, 0.15) is 6.10 Å². The van der Waals surface area contributed by atoms with E-state index in [9.17, 15) is 19.2 Å². The largest absolute Gasteiger partial charge is 0.459 e. The molecule has 4 atom stereocenters. The summed E-state index contributed by atoms with van der Waals surface area (Å²) in [6.45, 7) is 11.6. The molecule has 1 aliphatic rings. The molecule has 4 unspecified atom stereocenters. The van der Waals surface area contributed by atoms with Crippen molar-refractivity contribution in [2.75, 3.05) is 6.61 Å². The molecular weight excluding hydrogens is 414 g/mol. The maximum atomic E-state index is 12.6. The molecule has 0 saturated carbocycles. The van der Waals surface area contributed by atoms with E-state index in [1.54, 1.807) is 6.92 Å². The Morgan fingerprint density at radius 2 is 1.88 bits per heavy atom. The Morgan fingerprint density at radius 3 is 2.41 bits per heavy atom. The minimum atomic E-state index is -0.789. The number of ether oxygens (including phenoxy) is 3. The molecule has 0 aromatic rings. The summed E-state index contributed by atoms with van der Waals surface area (Å²) in [5.41, 5.74) is 0.271. The minimum absolute atomic E-state index is 0.0706. The number of hydrogen-bond donors (Lipinski definition) is 1. The van der Waals surface area contributed by atoms with Crippen LogP contribution in [-0.4, -0.2) is 48.7 Å². The fourth-order valence-electron chi connectivity index (χ4n) is 3.31. The fraction of sp³-hybridized carbons (Fsp3) is 0.667. The molecule has 32 heavy (non-hydrogen) atoms. The van der Waals surface area contributed by atoms with Crippen molar-refractivity contribution in [1.29, 1.82) is 0 Å². The summed E-state index contributed by atoms with van der Waals surface area (Å²) < 4.78 is 16.4. The van der Waals surface area contributed by atoms with Gasteiger partial charge in [0, 0.05) is 37.1 Å². The highest BCUT2D eigenvalue weighted by molar-refractivity contribution is 5.93. The SMILES string of the molecule is C=C(C)C(=O)OC(CC(CC)OCCC)CC(CC)C(=O)OC(=O)/C=C/C1CCC(=O)N1. The highest BCUT2D eigenvalue weighted by atomic mass is 16.6. The molecule has 0 aliphatic carbocycles. The molecule has 0 aromatic carbocycles. The maximum Gasteiger partial charge on any atom is 0.338 e. The van der Waals surface area contributed by atoms with Crippen molar-refractivity contribution in [3.8, 4) is 0 Å². The van der Waals surface area contributed by atoms with Crippen LogP contribution < -0.4 is 5.32 Å². The van der Waals surface area contributed by atoms with E-state index >= 15 is 0 Å². The van der Waals surface area contributed by atoms with Crippen LogP contribution in [0, 0.1) is 5.92 Å². The third kappa shape index (κ3) is 10.2. The zero-order chi connectivity index (χ0) is 24.1. The van der Waals surface area contributed by atoms with Gasteiger partial charge in [0.2, 0.25) is 5.91 Å². The van der Waals surface area contributed by atoms with Gasteiger partial charge in [-0.1, -0.05) is 33.4 Å². The van der Waals surface area contributed by atoms with Crippen molar-refractivity contribution >= 4 is 23.8 Å². The van der Waals surface area contributed by atoms with Gasteiger partial charge in [-0.2, -0.15) is 0 Å². The van der Waals surface area contributed by atoms with E-state index in [1.807, 2.05) is 20.8 Å². The predicted molar refractivity (Wildman–Crippen MR) is 119 cm³/mol. The van der Waals surface area contributed by atoms with Crippen LogP contribution in [0.25, 0.3) is 0 Å². The molecule has 1 N–H and O–H groups in total. The van der Waals surface area contributed by atoms with Gasteiger partial charge < -0.3 is 19.5 Å². The van der Waals surface area contributed by atoms with E-state index in [1.165, 1.54) is 6.08 Å². The molecule has 0 bridgehead atoms. The van der Waals surface area contributed by atoms with Gasteiger partial charge >= 0.3 is 17.9 Å². The van der Waals surface area contributed by atoms with Crippen molar-refractivity contribution in [2.24, 2.45) is 5.92 Å². The quantitative estimate of drug-likeness (QED) is 0.245. The van der Waals surface area contributed by atoms with E-state index in [0.29, 0.717) is 32.3 Å². The van der Waals surface area contributed by atoms with Crippen LogP contribution >= 0.6 is 0 Å². The summed E-state index contributed by atoms with van der Waals surface area (Å²) in [7, 11) is 0. The van der Waals surface area contributed by atoms with Gasteiger partial charge in [-0.3, -0.25) is 9.59 Å². The second kappa shape index (κ2) is 14.6. The zero-order valence-electron chi connectivity index (χ0n) is 19.7. The van der Waals surface area contributed by atoms with E-state index in [-0.39, 0.29) is 30.0 Å². The Bertz CT molecular complexity index is 700. The first kappa shape index (κ1) is 27.6. The van der Waals surface area contributed by atoms with Gasteiger partial charge in [-0.25, -0.2) is 9.59 Å². The van der Waals surface area contributed by atoms with Crippen molar-refractivity contribution in [3.05, 3.63) is 24.3 Å². The topological polar surface area (TPSA) is 108 Å². The zero-order valence-corrected chi connectivity index (χ0v) is 19.7. The summed E-state index contributed by atoms with van der Waals surface area (Å²) in [5.74, 6) is -2.68. The van der Waals surface area contributed by atoms with Crippen molar-refractivity contribution in [2.45, 2.75) is 90.9 Å². The van der Waals surface area contributed by atoms with Gasteiger partial charge in [0.15, 0.2) is 0 Å². The Hall–Kier alpha value is -2.48. The summed E-state index contributed by atoms with van der Waals surface area (Å²) in [5, 5.41) is 2.70. The van der Waals surface area contributed by atoms with Crippen molar-refractivity contribution < 1.29 is 33.4 Å². The third-order valence-electron chi connectivity index (χ3n) is 5.23. The Kier molecular flexibility index (Phi) is 12.5. The fourth-order valence-corrected chi connectivity index (χ4v) is 3.31. The second-order valence-electron chi connectivity index (χ2n) is 8.10. The Morgan fingerprint density at radius 1 is 1.16 bits per heavy atom. The number of carbonyl (C=O) groups excluding carboxylic acids is 4. The second-order valence-corrected chi connectivity index (χ2v) is 8.10. The van der Waals surface area contributed by atoms with Gasteiger partial charge in [-0.05, 0) is 39.0 Å². The molecule has 1 amide bonds. The normalized spacial score (nSPS) is 18.6. The lowest BCUT2D eigenvalue weighted by Gasteiger charge is -2.26. The molecule has 8 nitrogen and oxygen atoms in total. The average Bonchev–Trinajstić information content (AvgIpc) is 3.17. The molecule has 0 aromatic heterocycles. The number of hydrogen-bond acceptors (Lipinski definition) is 7. The van der Waals surface area contributed by atoms with Crippen LogP contribution in [0.5, 0.6) is 0 Å². The molecule has 1 rings (SSSR count). The minimum Gasteiger partial charge on any atom is -0.459 e. The van der Waals surface area contributed by atoms with E-state index in [0.717, 1.165) is 18.9 Å². The highest BCUT2D eigenvalue weighted by Crippen LogP contribution is 2.22. The summed E-state index contributed by atoms with van der Waals surface area (Å²) in [6.07, 6.45) is 5.69. The van der Waals surface area contributed by atoms with Gasteiger partial charge in [0.25, 0.3) is 0 Å². The number of nitrogens with one attached hydrogen (secondary N) is 1. The van der Waals surface area contributed by atoms with E-state index in [2.05, 4.69) is 11.9 Å². The summed E-state index contributed by atoms with van der Waals surface area (Å²) in [6, 6.07) is -0.229. The molecular formula is C24H37NO7.